The second kappa shape index (κ2) is 10.8. The fraction of sp³-hybridized carbons (Fsp3) is 0.571. The number of hydrogen-bond donors (Lipinski definition) is 1. The number of piperazine rings is 1. The largest absolute Gasteiger partial charge is 0.573 e. The van der Waals surface area contributed by atoms with Crippen molar-refractivity contribution >= 4 is 11.9 Å². The Morgan fingerprint density at radius 2 is 1.61 bits per heavy atom. The maximum absolute atomic E-state index is 12.3. The Kier molecular flexibility index (Phi) is 8.16. The van der Waals surface area contributed by atoms with Crippen LogP contribution in [0.1, 0.15) is 6.92 Å². The lowest BCUT2D eigenvalue weighted by Gasteiger charge is -2.38. The SMILES string of the molecule is C/C(N)=C(/C=Nc1ccc(OC(F)(F)F)cc1)N1CCN(CCN2CCOCC2)CC1. The first-order valence-electron chi connectivity index (χ1n) is 10.4. The maximum atomic E-state index is 12.3. The number of allylic oxidation sites excluding steroid dienone is 2. The molecule has 1 aromatic carbocycles. The van der Waals surface area contributed by atoms with E-state index in [2.05, 4.69) is 24.4 Å². The van der Waals surface area contributed by atoms with Crippen LogP contribution in [0, 0.1) is 0 Å². The average molecular weight is 441 g/mol. The van der Waals surface area contributed by atoms with Gasteiger partial charge in [-0.2, -0.15) is 0 Å². The number of benzene rings is 1. The monoisotopic (exact) mass is 441 g/mol. The molecule has 0 bridgehead atoms. The number of nitrogens with zero attached hydrogens (tertiary/aromatic N) is 4. The summed E-state index contributed by atoms with van der Waals surface area (Å²) in [4.78, 5) is 11.5. The minimum atomic E-state index is -4.71. The van der Waals surface area contributed by atoms with Crippen molar-refractivity contribution in [3.8, 4) is 5.75 Å². The van der Waals surface area contributed by atoms with Gasteiger partial charge in [0.25, 0.3) is 0 Å². The number of nitrogens with two attached hydrogens (primary N) is 1. The van der Waals surface area contributed by atoms with Crippen molar-refractivity contribution in [3.63, 3.8) is 0 Å². The summed E-state index contributed by atoms with van der Waals surface area (Å²) in [6.45, 7) is 11.1. The summed E-state index contributed by atoms with van der Waals surface area (Å²) in [7, 11) is 0. The molecule has 2 aliphatic rings. The molecule has 0 radical (unpaired) electrons. The molecule has 3 rings (SSSR count). The van der Waals surface area contributed by atoms with E-state index >= 15 is 0 Å². The minimum Gasteiger partial charge on any atom is -0.406 e. The van der Waals surface area contributed by atoms with Gasteiger partial charge in [-0.15, -0.1) is 13.2 Å². The summed E-state index contributed by atoms with van der Waals surface area (Å²) in [6.07, 6.45) is -3.03. The van der Waals surface area contributed by atoms with Gasteiger partial charge in [-0.3, -0.25) is 14.8 Å². The van der Waals surface area contributed by atoms with E-state index in [1.54, 1.807) is 6.21 Å². The van der Waals surface area contributed by atoms with Crippen LogP contribution in [-0.2, 0) is 4.74 Å². The second-order valence-corrected chi connectivity index (χ2v) is 7.65. The van der Waals surface area contributed by atoms with Gasteiger partial charge in [-0.05, 0) is 31.2 Å². The van der Waals surface area contributed by atoms with Crippen LogP contribution in [0.2, 0.25) is 0 Å². The molecule has 0 aromatic heterocycles. The molecule has 172 valence electrons. The van der Waals surface area contributed by atoms with Gasteiger partial charge in [0.1, 0.15) is 5.75 Å². The van der Waals surface area contributed by atoms with Gasteiger partial charge < -0.3 is 20.1 Å². The van der Waals surface area contributed by atoms with Gasteiger partial charge in [0, 0.05) is 58.1 Å². The van der Waals surface area contributed by atoms with E-state index in [0.717, 1.165) is 71.3 Å². The van der Waals surface area contributed by atoms with Gasteiger partial charge in [0.15, 0.2) is 0 Å². The van der Waals surface area contributed by atoms with Gasteiger partial charge in [0.2, 0.25) is 0 Å². The molecule has 0 amide bonds. The van der Waals surface area contributed by atoms with Crippen LogP contribution < -0.4 is 10.5 Å². The molecule has 2 fully saturated rings. The summed E-state index contributed by atoms with van der Waals surface area (Å²) in [6, 6.07) is 5.44. The fourth-order valence-electron chi connectivity index (χ4n) is 3.62. The summed E-state index contributed by atoms with van der Waals surface area (Å²) in [5, 5.41) is 0. The number of halogens is 3. The molecular weight excluding hydrogens is 411 g/mol. The first-order valence-corrected chi connectivity index (χ1v) is 10.4. The number of aliphatic imine (C=N–C) groups is 1. The van der Waals surface area contributed by atoms with Gasteiger partial charge >= 0.3 is 6.36 Å². The van der Waals surface area contributed by atoms with Crippen LogP contribution in [0.5, 0.6) is 5.75 Å². The fourth-order valence-corrected chi connectivity index (χ4v) is 3.62. The van der Waals surface area contributed by atoms with E-state index in [4.69, 9.17) is 10.5 Å². The third kappa shape index (κ3) is 7.71. The molecular formula is C21H30F3N5O2. The second-order valence-electron chi connectivity index (χ2n) is 7.65. The molecule has 0 unspecified atom stereocenters. The lowest BCUT2D eigenvalue weighted by molar-refractivity contribution is -0.274. The summed E-state index contributed by atoms with van der Waals surface area (Å²) < 4.78 is 46.1. The molecule has 31 heavy (non-hydrogen) atoms. The normalized spacial score (nSPS) is 20.2. The number of alkyl halides is 3. The van der Waals surface area contributed by atoms with Crippen molar-refractivity contribution in [1.29, 1.82) is 0 Å². The van der Waals surface area contributed by atoms with E-state index in [9.17, 15) is 13.2 Å². The predicted octanol–water partition coefficient (Wildman–Crippen LogP) is 2.43. The van der Waals surface area contributed by atoms with Gasteiger partial charge in [-0.1, -0.05) is 0 Å². The summed E-state index contributed by atoms with van der Waals surface area (Å²) >= 11 is 0. The Morgan fingerprint density at radius 1 is 1.03 bits per heavy atom. The zero-order chi connectivity index (χ0) is 22.3. The first kappa shape index (κ1) is 23.4. The maximum Gasteiger partial charge on any atom is 0.573 e. The van der Waals surface area contributed by atoms with Crippen LogP contribution in [0.25, 0.3) is 0 Å². The average Bonchev–Trinajstić information content (AvgIpc) is 2.74. The highest BCUT2D eigenvalue weighted by Gasteiger charge is 2.31. The van der Waals surface area contributed by atoms with Crippen LogP contribution in [0.15, 0.2) is 40.7 Å². The third-order valence-electron chi connectivity index (χ3n) is 5.36. The van der Waals surface area contributed by atoms with Crippen molar-refractivity contribution in [2.45, 2.75) is 13.3 Å². The molecule has 2 heterocycles. The highest BCUT2D eigenvalue weighted by atomic mass is 19.4. The minimum absolute atomic E-state index is 0.273. The van der Waals surface area contributed by atoms with E-state index in [1.807, 2.05) is 6.92 Å². The van der Waals surface area contributed by atoms with Crippen molar-refractivity contribution < 1.29 is 22.6 Å². The van der Waals surface area contributed by atoms with Crippen LogP contribution in [-0.4, -0.2) is 92.8 Å². The van der Waals surface area contributed by atoms with Crippen molar-refractivity contribution in [1.82, 2.24) is 14.7 Å². The Labute approximate surface area is 180 Å². The lowest BCUT2D eigenvalue weighted by Crippen LogP contribution is -2.49. The molecule has 0 aliphatic carbocycles. The van der Waals surface area contributed by atoms with E-state index in [0.29, 0.717) is 11.4 Å². The van der Waals surface area contributed by atoms with E-state index in [-0.39, 0.29) is 5.75 Å². The molecule has 1 aromatic rings. The zero-order valence-electron chi connectivity index (χ0n) is 17.8. The molecule has 2 saturated heterocycles. The highest BCUT2D eigenvalue weighted by molar-refractivity contribution is 5.81. The lowest BCUT2D eigenvalue weighted by atomic mass is 10.2. The molecule has 2 aliphatic heterocycles. The highest BCUT2D eigenvalue weighted by Crippen LogP contribution is 2.25. The number of hydrogen-bond acceptors (Lipinski definition) is 7. The molecule has 0 saturated carbocycles. The van der Waals surface area contributed by atoms with Crippen molar-refractivity contribution in [2.24, 2.45) is 10.7 Å². The Morgan fingerprint density at radius 3 is 2.16 bits per heavy atom. The molecule has 10 heteroatoms. The van der Waals surface area contributed by atoms with Crippen molar-refractivity contribution in [3.05, 3.63) is 35.7 Å². The standard InChI is InChI=1S/C21H30F3N5O2/c1-17(25)20(16-26-18-2-4-19(5-3-18)31-21(22,23)24)29-10-8-27(9-11-29)6-7-28-12-14-30-15-13-28/h2-5,16H,6-15,25H2,1H3/b20-17+,26-16?. The molecule has 7 nitrogen and oxygen atoms in total. The van der Waals surface area contributed by atoms with Crippen LogP contribution in [0.4, 0.5) is 18.9 Å². The first-order chi connectivity index (χ1) is 14.8. The van der Waals surface area contributed by atoms with E-state index < -0.39 is 6.36 Å². The van der Waals surface area contributed by atoms with Crippen LogP contribution >= 0.6 is 0 Å². The molecule has 0 spiro atoms. The summed E-state index contributed by atoms with van der Waals surface area (Å²) in [5.74, 6) is -0.273. The number of rotatable bonds is 7. The smallest absolute Gasteiger partial charge is 0.406 e. The summed E-state index contributed by atoms with van der Waals surface area (Å²) in [5.41, 5.74) is 8.10. The molecule has 2 N–H and O–H groups in total. The quantitative estimate of drug-likeness (QED) is 0.656. The van der Waals surface area contributed by atoms with Gasteiger partial charge in [-0.25, -0.2) is 0 Å². The van der Waals surface area contributed by atoms with Gasteiger partial charge in [0.05, 0.1) is 30.8 Å². The number of morpholine rings is 1. The third-order valence-corrected chi connectivity index (χ3v) is 5.36. The van der Waals surface area contributed by atoms with E-state index in [1.165, 1.54) is 24.3 Å². The number of ether oxygens (including phenoxy) is 2. The zero-order valence-corrected chi connectivity index (χ0v) is 17.8. The van der Waals surface area contributed by atoms with Crippen LogP contribution in [0.3, 0.4) is 0 Å². The topological polar surface area (TPSA) is 66.6 Å². The Bertz CT molecular complexity index is 749. The Hall–Kier alpha value is -2.30. The molecule has 0 atom stereocenters. The van der Waals surface area contributed by atoms with Crippen molar-refractivity contribution in [2.75, 3.05) is 65.6 Å². The Balaban J connectivity index is 1.50. The predicted molar refractivity (Wildman–Crippen MR) is 113 cm³/mol.